The van der Waals surface area contributed by atoms with E-state index in [-0.39, 0.29) is 5.91 Å². The van der Waals surface area contributed by atoms with Gasteiger partial charge in [0, 0.05) is 18.3 Å². The van der Waals surface area contributed by atoms with E-state index in [1.54, 1.807) is 45.9 Å². The molecule has 1 N–H and O–H groups in total. The van der Waals surface area contributed by atoms with Gasteiger partial charge >= 0.3 is 6.09 Å². The molecule has 4 aromatic rings. The van der Waals surface area contributed by atoms with Crippen molar-refractivity contribution in [3.05, 3.63) is 60.7 Å². The number of likely N-dealkylation sites (N-methyl/N-ethyl adjacent to an activating group) is 1. The van der Waals surface area contributed by atoms with Gasteiger partial charge in [-0.1, -0.05) is 30.3 Å². The molecule has 1 heterocycles. The smallest absolute Gasteiger partial charge is 0.410 e. The highest BCUT2D eigenvalue weighted by molar-refractivity contribution is 5.97. The maximum Gasteiger partial charge on any atom is 0.410 e. The van der Waals surface area contributed by atoms with Crippen LogP contribution in [0.25, 0.3) is 33.3 Å². The first kappa shape index (κ1) is 22.3. The van der Waals surface area contributed by atoms with Crippen LogP contribution < -0.4 is 5.32 Å². The molecule has 3 aromatic carbocycles. The summed E-state index contributed by atoms with van der Waals surface area (Å²) in [6.07, 6.45) is -0.558. The van der Waals surface area contributed by atoms with Crippen molar-refractivity contribution in [3.8, 4) is 11.5 Å². The highest BCUT2D eigenvalue weighted by Crippen LogP contribution is 2.28. The molecule has 0 saturated carbocycles. The van der Waals surface area contributed by atoms with Crippen molar-refractivity contribution >= 4 is 39.6 Å². The molecule has 0 spiro atoms. The molecule has 0 aliphatic rings. The fourth-order valence-corrected chi connectivity index (χ4v) is 3.37. The summed E-state index contributed by atoms with van der Waals surface area (Å²) in [6, 6.07) is 18.7. The van der Waals surface area contributed by atoms with Gasteiger partial charge in [-0.15, -0.1) is 0 Å². The summed E-state index contributed by atoms with van der Waals surface area (Å²) in [5.74, 6) is 0.179. The van der Waals surface area contributed by atoms with Gasteiger partial charge in [-0.25, -0.2) is 9.78 Å². The van der Waals surface area contributed by atoms with Crippen LogP contribution in [-0.2, 0) is 9.53 Å². The molecule has 0 fully saturated rings. The van der Waals surface area contributed by atoms with Crippen LogP contribution in [0, 0.1) is 0 Å². The second-order valence-electron chi connectivity index (χ2n) is 9.02. The lowest BCUT2D eigenvalue weighted by atomic mass is 10.1. The summed E-state index contributed by atoms with van der Waals surface area (Å²) in [5, 5.41) is 5.09. The topological polar surface area (TPSA) is 84.7 Å². The van der Waals surface area contributed by atoms with Gasteiger partial charge in [0.05, 0.1) is 0 Å². The van der Waals surface area contributed by atoms with E-state index in [0.717, 1.165) is 16.3 Å². The van der Waals surface area contributed by atoms with E-state index in [9.17, 15) is 9.59 Å². The zero-order valence-electron chi connectivity index (χ0n) is 19.4. The van der Waals surface area contributed by atoms with Crippen LogP contribution in [0.3, 0.4) is 0 Å². The zero-order chi connectivity index (χ0) is 23.8. The molecule has 1 aromatic heterocycles. The lowest BCUT2D eigenvalue weighted by Crippen LogP contribution is -2.45. The minimum absolute atomic E-state index is 0.332. The number of carbonyl (C=O) groups is 2. The van der Waals surface area contributed by atoms with Gasteiger partial charge in [-0.3, -0.25) is 9.69 Å². The van der Waals surface area contributed by atoms with Crippen molar-refractivity contribution < 1.29 is 18.7 Å². The van der Waals surface area contributed by atoms with Crippen molar-refractivity contribution in [3.63, 3.8) is 0 Å². The second-order valence-corrected chi connectivity index (χ2v) is 9.02. The van der Waals surface area contributed by atoms with Crippen molar-refractivity contribution in [2.24, 2.45) is 0 Å². The molecule has 0 unspecified atom stereocenters. The minimum atomic E-state index is -0.721. The Labute approximate surface area is 192 Å². The van der Waals surface area contributed by atoms with Crippen molar-refractivity contribution in [1.82, 2.24) is 9.88 Å². The van der Waals surface area contributed by atoms with Crippen LogP contribution in [0.15, 0.2) is 65.1 Å². The van der Waals surface area contributed by atoms with Gasteiger partial charge in [0.2, 0.25) is 11.8 Å². The van der Waals surface area contributed by atoms with Gasteiger partial charge in [0.25, 0.3) is 0 Å². The van der Waals surface area contributed by atoms with Crippen LogP contribution in [0.4, 0.5) is 10.5 Å². The number of nitrogens with zero attached hydrogens (tertiary/aromatic N) is 2. The van der Waals surface area contributed by atoms with Crippen LogP contribution in [0.5, 0.6) is 0 Å². The number of amides is 2. The van der Waals surface area contributed by atoms with Gasteiger partial charge in [0.15, 0.2) is 5.58 Å². The van der Waals surface area contributed by atoms with E-state index in [1.807, 2.05) is 36.4 Å². The Morgan fingerprint density at radius 1 is 1.03 bits per heavy atom. The first-order valence-corrected chi connectivity index (χ1v) is 10.8. The maximum absolute atomic E-state index is 12.7. The molecule has 33 heavy (non-hydrogen) atoms. The number of aromatic nitrogens is 1. The lowest BCUT2D eigenvalue weighted by Gasteiger charge is -2.28. The number of benzene rings is 3. The molecule has 0 aliphatic heterocycles. The fourth-order valence-electron chi connectivity index (χ4n) is 3.37. The quantitative estimate of drug-likeness (QED) is 0.426. The Balaban J connectivity index is 1.51. The molecule has 0 aliphatic carbocycles. The van der Waals surface area contributed by atoms with Gasteiger partial charge in [-0.05, 0) is 68.8 Å². The van der Waals surface area contributed by atoms with E-state index >= 15 is 0 Å². The third-order valence-electron chi connectivity index (χ3n) is 5.29. The van der Waals surface area contributed by atoms with E-state index in [4.69, 9.17) is 9.15 Å². The van der Waals surface area contributed by atoms with E-state index in [2.05, 4.69) is 16.4 Å². The first-order valence-electron chi connectivity index (χ1n) is 10.8. The van der Waals surface area contributed by atoms with Crippen molar-refractivity contribution in [2.45, 2.75) is 39.3 Å². The number of anilines is 1. The van der Waals surface area contributed by atoms with Crippen LogP contribution >= 0.6 is 0 Å². The molecule has 7 nitrogen and oxygen atoms in total. The summed E-state index contributed by atoms with van der Waals surface area (Å²) >= 11 is 0. The normalized spacial score (nSPS) is 12.5. The Bertz CT molecular complexity index is 1340. The Morgan fingerprint density at radius 2 is 1.76 bits per heavy atom. The minimum Gasteiger partial charge on any atom is -0.444 e. The maximum atomic E-state index is 12.7. The van der Waals surface area contributed by atoms with E-state index < -0.39 is 17.7 Å². The highest BCUT2D eigenvalue weighted by atomic mass is 16.6. The molecule has 0 bridgehead atoms. The molecule has 4 rings (SSSR count). The molecule has 2 amide bonds. The zero-order valence-corrected chi connectivity index (χ0v) is 19.4. The molecule has 0 saturated heterocycles. The van der Waals surface area contributed by atoms with E-state index in [1.165, 1.54) is 11.9 Å². The third kappa shape index (κ3) is 4.98. The Hall–Kier alpha value is -3.87. The number of rotatable bonds is 4. The predicted molar refractivity (Wildman–Crippen MR) is 129 cm³/mol. The molecule has 170 valence electrons. The number of hydrogen-bond donors (Lipinski definition) is 1. The van der Waals surface area contributed by atoms with Gasteiger partial charge < -0.3 is 14.5 Å². The van der Waals surface area contributed by atoms with Crippen molar-refractivity contribution in [2.75, 3.05) is 12.4 Å². The number of hydrogen-bond acceptors (Lipinski definition) is 5. The molecule has 1 atom stereocenters. The summed E-state index contributed by atoms with van der Waals surface area (Å²) in [7, 11) is 1.54. The standard InChI is InChI=1S/C26H27N3O4/c1-16(29(5)25(31)33-26(2,3)4)23(30)27-20-12-13-22-21(15-20)28-24(32-22)19-11-10-17-8-6-7-9-18(17)14-19/h6-16H,1-5H3,(H,27,30)/t16-/m0/s1. The third-order valence-corrected chi connectivity index (χ3v) is 5.29. The summed E-state index contributed by atoms with van der Waals surface area (Å²) in [6.45, 7) is 6.99. The van der Waals surface area contributed by atoms with Crippen molar-refractivity contribution in [1.29, 1.82) is 0 Å². The Kier molecular flexibility index (Phi) is 5.80. The van der Waals surface area contributed by atoms with E-state index in [0.29, 0.717) is 22.7 Å². The average molecular weight is 446 g/mol. The number of oxazole rings is 1. The number of nitrogens with one attached hydrogen (secondary N) is 1. The van der Waals surface area contributed by atoms with Gasteiger partial charge in [0.1, 0.15) is 17.2 Å². The number of carbonyl (C=O) groups excluding carboxylic acids is 2. The SMILES string of the molecule is C[C@@H](C(=O)Nc1ccc2oc(-c3ccc4ccccc4c3)nc2c1)N(C)C(=O)OC(C)(C)C. The molecular weight excluding hydrogens is 418 g/mol. The largest absolute Gasteiger partial charge is 0.444 e. The first-order chi connectivity index (χ1) is 15.6. The average Bonchev–Trinajstić information content (AvgIpc) is 3.20. The Morgan fingerprint density at radius 3 is 2.48 bits per heavy atom. The predicted octanol–water partition coefficient (Wildman–Crippen LogP) is 5.84. The number of fused-ring (bicyclic) bond motifs is 2. The summed E-state index contributed by atoms with van der Waals surface area (Å²) in [4.78, 5) is 30.8. The number of ether oxygens (including phenoxy) is 1. The highest BCUT2D eigenvalue weighted by Gasteiger charge is 2.27. The molecule has 0 radical (unpaired) electrons. The monoisotopic (exact) mass is 445 g/mol. The molecule has 7 heteroatoms. The summed E-state index contributed by atoms with van der Waals surface area (Å²) < 4.78 is 11.3. The lowest BCUT2D eigenvalue weighted by molar-refractivity contribution is -0.120. The van der Waals surface area contributed by atoms with Gasteiger partial charge in [-0.2, -0.15) is 0 Å². The van der Waals surface area contributed by atoms with Crippen LogP contribution in [-0.4, -0.2) is 40.6 Å². The summed E-state index contributed by atoms with van der Waals surface area (Å²) in [5.41, 5.74) is 2.06. The second kappa shape index (κ2) is 8.58. The molecular formula is C26H27N3O4. The van der Waals surface area contributed by atoms with Crippen LogP contribution in [0.1, 0.15) is 27.7 Å². The van der Waals surface area contributed by atoms with Crippen LogP contribution in [0.2, 0.25) is 0 Å². The fraction of sp³-hybridized carbons (Fsp3) is 0.269.